The molecule has 0 radical (unpaired) electrons. The lowest BCUT2D eigenvalue weighted by Crippen LogP contribution is -2.11. The van der Waals surface area contributed by atoms with E-state index in [1.807, 2.05) is 0 Å². The SMILES string of the molecule is Fc1cc(F)cc(CCc2ccc3c(c2)CCCN3)c1. The van der Waals surface area contributed by atoms with E-state index in [0.29, 0.717) is 12.0 Å². The van der Waals surface area contributed by atoms with E-state index in [-0.39, 0.29) is 0 Å². The summed E-state index contributed by atoms with van der Waals surface area (Å²) in [6, 6.07) is 10.1. The minimum Gasteiger partial charge on any atom is -0.385 e. The van der Waals surface area contributed by atoms with E-state index in [0.717, 1.165) is 31.9 Å². The summed E-state index contributed by atoms with van der Waals surface area (Å²) in [6.45, 7) is 1.04. The molecular weight excluding hydrogens is 256 g/mol. The molecule has 0 saturated heterocycles. The van der Waals surface area contributed by atoms with Crippen molar-refractivity contribution in [3.8, 4) is 0 Å². The van der Waals surface area contributed by atoms with Gasteiger partial charge in [0.2, 0.25) is 0 Å². The number of nitrogens with one attached hydrogen (secondary N) is 1. The molecule has 0 unspecified atom stereocenters. The van der Waals surface area contributed by atoms with Gasteiger partial charge in [0.05, 0.1) is 0 Å². The molecule has 0 aliphatic carbocycles. The van der Waals surface area contributed by atoms with Crippen molar-refractivity contribution in [3.05, 3.63) is 64.7 Å². The van der Waals surface area contributed by atoms with E-state index < -0.39 is 11.6 Å². The Balaban J connectivity index is 1.71. The third-order valence-electron chi connectivity index (χ3n) is 3.73. The second-order valence-corrected chi connectivity index (χ2v) is 5.30. The molecule has 0 bridgehead atoms. The Bertz CT molecular complexity index is 602. The Kier molecular flexibility index (Phi) is 3.68. The molecule has 104 valence electrons. The smallest absolute Gasteiger partial charge is 0.126 e. The summed E-state index contributed by atoms with van der Waals surface area (Å²) < 4.78 is 26.3. The molecule has 20 heavy (non-hydrogen) atoms. The fraction of sp³-hybridized carbons (Fsp3) is 0.294. The largest absolute Gasteiger partial charge is 0.385 e. The van der Waals surface area contributed by atoms with Gasteiger partial charge in [-0.05, 0) is 60.6 Å². The van der Waals surface area contributed by atoms with E-state index in [1.54, 1.807) is 0 Å². The van der Waals surface area contributed by atoms with Crippen molar-refractivity contribution in [3.63, 3.8) is 0 Å². The molecule has 0 amide bonds. The number of aryl methyl sites for hydroxylation is 3. The third-order valence-corrected chi connectivity index (χ3v) is 3.73. The number of rotatable bonds is 3. The van der Waals surface area contributed by atoms with Crippen molar-refractivity contribution >= 4 is 5.69 Å². The second-order valence-electron chi connectivity index (χ2n) is 5.30. The molecule has 2 aromatic rings. The van der Waals surface area contributed by atoms with Crippen LogP contribution in [0.4, 0.5) is 14.5 Å². The molecule has 1 aliphatic rings. The molecular formula is C17H17F2N. The lowest BCUT2D eigenvalue weighted by atomic mass is 9.97. The molecule has 1 N–H and O–H groups in total. The Hall–Kier alpha value is -1.90. The Labute approximate surface area is 117 Å². The second kappa shape index (κ2) is 5.61. The number of benzene rings is 2. The number of hydrogen-bond donors (Lipinski definition) is 1. The van der Waals surface area contributed by atoms with Gasteiger partial charge in [0.25, 0.3) is 0 Å². The summed E-state index contributed by atoms with van der Waals surface area (Å²) in [4.78, 5) is 0. The maximum absolute atomic E-state index is 13.1. The highest BCUT2D eigenvalue weighted by Gasteiger charge is 2.09. The average Bonchev–Trinajstić information content (AvgIpc) is 2.44. The minimum absolute atomic E-state index is 0.505. The van der Waals surface area contributed by atoms with Gasteiger partial charge in [-0.1, -0.05) is 12.1 Å². The lowest BCUT2D eigenvalue weighted by molar-refractivity contribution is 0.579. The summed E-state index contributed by atoms with van der Waals surface area (Å²) in [7, 11) is 0. The molecule has 0 fully saturated rings. The molecule has 1 nitrogen and oxygen atoms in total. The summed E-state index contributed by atoms with van der Waals surface area (Å²) in [5.74, 6) is -1.01. The number of fused-ring (bicyclic) bond motifs is 1. The van der Waals surface area contributed by atoms with Crippen molar-refractivity contribution in [2.45, 2.75) is 25.7 Å². The first-order valence-corrected chi connectivity index (χ1v) is 7.01. The van der Waals surface area contributed by atoms with Crippen molar-refractivity contribution in [2.24, 2.45) is 0 Å². The third kappa shape index (κ3) is 2.98. The predicted molar refractivity (Wildman–Crippen MR) is 77.0 cm³/mol. The number of hydrogen-bond acceptors (Lipinski definition) is 1. The van der Waals surface area contributed by atoms with Gasteiger partial charge in [-0.25, -0.2) is 8.78 Å². The first-order chi connectivity index (χ1) is 9.70. The molecule has 0 aromatic heterocycles. The van der Waals surface area contributed by atoms with Gasteiger partial charge in [-0.2, -0.15) is 0 Å². The van der Waals surface area contributed by atoms with Crippen LogP contribution in [0.2, 0.25) is 0 Å². The molecule has 1 heterocycles. The quantitative estimate of drug-likeness (QED) is 0.887. The van der Waals surface area contributed by atoms with E-state index >= 15 is 0 Å². The zero-order valence-electron chi connectivity index (χ0n) is 11.3. The Morgan fingerprint density at radius 1 is 0.900 bits per heavy atom. The van der Waals surface area contributed by atoms with Crippen molar-refractivity contribution < 1.29 is 8.78 Å². The molecule has 3 heteroatoms. The highest BCUT2D eigenvalue weighted by Crippen LogP contribution is 2.23. The van der Waals surface area contributed by atoms with Gasteiger partial charge >= 0.3 is 0 Å². The van der Waals surface area contributed by atoms with Crippen LogP contribution in [0.1, 0.15) is 23.1 Å². The molecule has 1 aliphatic heterocycles. The summed E-state index contributed by atoms with van der Waals surface area (Å²) in [5.41, 5.74) is 4.49. The first-order valence-electron chi connectivity index (χ1n) is 7.01. The normalized spacial score (nSPS) is 13.7. The van der Waals surface area contributed by atoms with Crippen LogP contribution in [0, 0.1) is 11.6 Å². The maximum Gasteiger partial charge on any atom is 0.126 e. The number of halogens is 2. The predicted octanol–water partition coefficient (Wildman–Crippen LogP) is 4.11. The Morgan fingerprint density at radius 2 is 1.65 bits per heavy atom. The highest BCUT2D eigenvalue weighted by atomic mass is 19.1. The van der Waals surface area contributed by atoms with Gasteiger partial charge in [-0.15, -0.1) is 0 Å². The van der Waals surface area contributed by atoms with Gasteiger partial charge in [0.1, 0.15) is 11.6 Å². The van der Waals surface area contributed by atoms with E-state index in [1.165, 1.54) is 28.9 Å². The van der Waals surface area contributed by atoms with Crippen LogP contribution in [0.15, 0.2) is 36.4 Å². The molecule has 3 rings (SSSR count). The fourth-order valence-electron chi connectivity index (χ4n) is 2.73. The molecule has 0 atom stereocenters. The van der Waals surface area contributed by atoms with Crippen LogP contribution in [-0.4, -0.2) is 6.54 Å². The van der Waals surface area contributed by atoms with Crippen molar-refractivity contribution in [1.29, 1.82) is 0 Å². The number of anilines is 1. The van der Waals surface area contributed by atoms with Gasteiger partial charge in [0.15, 0.2) is 0 Å². The fourth-order valence-corrected chi connectivity index (χ4v) is 2.73. The van der Waals surface area contributed by atoms with Crippen molar-refractivity contribution in [1.82, 2.24) is 0 Å². The summed E-state index contributed by atoms with van der Waals surface area (Å²) in [6.07, 6.45) is 3.72. The monoisotopic (exact) mass is 273 g/mol. The lowest BCUT2D eigenvalue weighted by Gasteiger charge is -2.18. The van der Waals surface area contributed by atoms with E-state index in [4.69, 9.17) is 0 Å². The molecule has 0 spiro atoms. The zero-order chi connectivity index (χ0) is 13.9. The minimum atomic E-state index is -0.505. The first kappa shape index (κ1) is 13.1. The van der Waals surface area contributed by atoms with E-state index in [9.17, 15) is 8.78 Å². The molecule has 0 saturated carbocycles. The average molecular weight is 273 g/mol. The Morgan fingerprint density at radius 3 is 2.45 bits per heavy atom. The zero-order valence-corrected chi connectivity index (χ0v) is 11.3. The van der Waals surface area contributed by atoms with Gasteiger partial charge in [0, 0.05) is 18.3 Å². The van der Waals surface area contributed by atoms with Crippen LogP contribution in [0.3, 0.4) is 0 Å². The van der Waals surface area contributed by atoms with Gasteiger partial charge in [-0.3, -0.25) is 0 Å². The van der Waals surface area contributed by atoms with Gasteiger partial charge < -0.3 is 5.32 Å². The van der Waals surface area contributed by atoms with Crippen LogP contribution < -0.4 is 5.32 Å². The topological polar surface area (TPSA) is 12.0 Å². The van der Waals surface area contributed by atoms with Crippen LogP contribution in [-0.2, 0) is 19.3 Å². The summed E-state index contributed by atoms with van der Waals surface area (Å²) >= 11 is 0. The maximum atomic E-state index is 13.1. The van der Waals surface area contributed by atoms with Crippen LogP contribution >= 0.6 is 0 Å². The standard InChI is InChI=1S/C17H17F2N/c18-15-9-13(10-16(19)11-15)4-3-12-5-6-17-14(8-12)2-1-7-20-17/h5-6,8-11,20H,1-4,7H2. The van der Waals surface area contributed by atoms with Crippen LogP contribution in [0.5, 0.6) is 0 Å². The van der Waals surface area contributed by atoms with Crippen LogP contribution in [0.25, 0.3) is 0 Å². The summed E-state index contributed by atoms with van der Waals surface area (Å²) in [5, 5.41) is 3.38. The highest BCUT2D eigenvalue weighted by molar-refractivity contribution is 5.54. The van der Waals surface area contributed by atoms with Crippen molar-refractivity contribution in [2.75, 3.05) is 11.9 Å². The molecule has 2 aromatic carbocycles. The van der Waals surface area contributed by atoms with E-state index in [2.05, 4.69) is 23.5 Å².